The zero-order valence-electron chi connectivity index (χ0n) is 19.4. The van der Waals surface area contributed by atoms with Crippen LogP contribution in [0.1, 0.15) is 17.0 Å². The summed E-state index contributed by atoms with van der Waals surface area (Å²) >= 11 is 1.42. The Kier molecular flexibility index (Phi) is 6.02. The molecular weight excluding hydrogens is 444 g/mol. The summed E-state index contributed by atoms with van der Waals surface area (Å²) < 4.78 is 7.34. The molecule has 1 amide bonds. The molecule has 4 aromatic rings. The lowest BCUT2D eigenvalue weighted by atomic mass is 10.1. The van der Waals surface area contributed by atoms with Crippen molar-refractivity contribution in [2.45, 2.75) is 13.3 Å². The van der Waals surface area contributed by atoms with Gasteiger partial charge in [0.2, 0.25) is 0 Å². The number of thioether (sulfide) groups is 1. The van der Waals surface area contributed by atoms with E-state index in [4.69, 9.17) is 9.73 Å². The van der Waals surface area contributed by atoms with Crippen LogP contribution in [0, 0.1) is 6.92 Å². The van der Waals surface area contributed by atoms with Gasteiger partial charge in [-0.15, -0.1) is 0 Å². The number of aliphatic imine (C=N–C) groups is 1. The molecule has 1 N–H and O–H groups in total. The van der Waals surface area contributed by atoms with Gasteiger partial charge in [-0.1, -0.05) is 18.2 Å². The molecule has 1 aliphatic heterocycles. The van der Waals surface area contributed by atoms with Crippen molar-refractivity contribution in [1.82, 2.24) is 14.5 Å². The molecule has 3 heterocycles. The first kappa shape index (κ1) is 22.1. The van der Waals surface area contributed by atoms with Gasteiger partial charge in [0.05, 0.1) is 17.7 Å². The normalized spacial score (nSPS) is 16.3. The molecule has 2 aromatic heterocycles. The molecular formula is C27H26N4O2S. The van der Waals surface area contributed by atoms with Crippen LogP contribution in [0.3, 0.4) is 0 Å². The number of amidine groups is 1. The molecule has 0 atom stereocenters. The van der Waals surface area contributed by atoms with E-state index in [9.17, 15) is 4.79 Å². The number of hydrogen-bond acceptors (Lipinski definition) is 4. The number of H-pyrrole nitrogens is 1. The Balaban J connectivity index is 1.46. The highest BCUT2D eigenvalue weighted by Gasteiger charge is 2.33. The number of aromatic nitrogens is 2. The van der Waals surface area contributed by atoms with Gasteiger partial charge in [-0.25, -0.2) is 4.99 Å². The van der Waals surface area contributed by atoms with E-state index in [1.165, 1.54) is 22.7 Å². The van der Waals surface area contributed by atoms with Crippen molar-refractivity contribution in [3.63, 3.8) is 0 Å². The number of hydrogen-bond donors (Lipinski definition) is 1. The van der Waals surface area contributed by atoms with Crippen molar-refractivity contribution in [2.75, 3.05) is 13.7 Å². The lowest BCUT2D eigenvalue weighted by Crippen LogP contribution is -2.31. The van der Waals surface area contributed by atoms with Gasteiger partial charge in [-0.05, 0) is 79.2 Å². The van der Waals surface area contributed by atoms with E-state index >= 15 is 0 Å². The SMILES string of the molecule is COc1ccc(N=C2S/C(=C\c3ccc(C)n3C)C(=O)N2CCc2c[nH]c3ccccc23)cc1. The second-order valence-electron chi connectivity index (χ2n) is 8.23. The minimum absolute atomic E-state index is 0.0176. The Hall–Kier alpha value is -3.71. The van der Waals surface area contributed by atoms with Gasteiger partial charge in [-0.2, -0.15) is 0 Å². The second kappa shape index (κ2) is 9.27. The van der Waals surface area contributed by atoms with Gasteiger partial charge in [0, 0.05) is 42.1 Å². The van der Waals surface area contributed by atoms with Crippen LogP contribution in [0.25, 0.3) is 17.0 Å². The van der Waals surface area contributed by atoms with Crippen LogP contribution in [0.15, 0.2) is 76.8 Å². The molecule has 1 fully saturated rings. The number of nitrogens with one attached hydrogen (secondary N) is 1. The fraction of sp³-hybridized carbons (Fsp3) is 0.185. The minimum atomic E-state index is -0.0176. The highest BCUT2D eigenvalue weighted by atomic mass is 32.2. The molecule has 0 radical (unpaired) electrons. The zero-order chi connectivity index (χ0) is 23.7. The van der Waals surface area contributed by atoms with Crippen LogP contribution in [-0.2, 0) is 18.3 Å². The molecule has 0 spiro atoms. The second-order valence-corrected chi connectivity index (χ2v) is 9.24. The maximum Gasteiger partial charge on any atom is 0.266 e. The number of rotatable bonds is 6. The van der Waals surface area contributed by atoms with Crippen molar-refractivity contribution in [1.29, 1.82) is 0 Å². The molecule has 0 aliphatic carbocycles. The third-order valence-corrected chi connectivity index (χ3v) is 7.16. The average Bonchev–Trinajstić information content (AvgIpc) is 3.50. The number of aromatic amines is 1. The standard InChI is InChI=1S/C27H26N4O2S/c1-18-8-11-21(30(18)2)16-25-26(32)31(15-14-19-17-28-24-7-5-4-6-23(19)24)27(34-25)29-20-9-12-22(33-3)13-10-20/h4-13,16-17,28H,14-15H2,1-3H3/b25-16-,29-27?. The summed E-state index contributed by atoms with van der Waals surface area (Å²) in [4.78, 5) is 24.1. The molecule has 34 heavy (non-hydrogen) atoms. The lowest BCUT2D eigenvalue weighted by Gasteiger charge is -2.15. The third kappa shape index (κ3) is 4.26. The summed E-state index contributed by atoms with van der Waals surface area (Å²) in [7, 11) is 3.65. The fourth-order valence-corrected chi connectivity index (χ4v) is 5.05. The van der Waals surface area contributed by atoms with Gasteiger partial charge in [0.1, 0.15) is 5.75 Å². The van der Waals surface area contributed by atoms with E-state index in [0.29, 0.717) is 16.6 Å². The van der Waals surface area contributed by atoms with Gasteiger partial charge in [-0.3, -0.25) is 9.69 Å². The molecule has 2 aromatic carbocycles. The number of carbonyl (C=O) groups excluding carboxylic acids is 1. The van der Waals surface area contributed by atoms with Gasteiger partial charge in [0.25, 0.3) is 5.91 Å². The number of para-hydroxylation sites is 1. The van der Waals surface area contributed by atoms with Crippen molar-refractivity contribution in [3.05, 3.63) is 88.7 Å². The van der Waals surface area contributed by atoms with Crippen LogP contribution < -0.4 is 4.74 Å². The summed E-state index contributed by atoms with van der Waals surface area (Å²) in [5.41, 5.74) is 5.21. The predicted octanol–water partition coefficient (Wildman–Crippen LogP) is 5.67. The monoisotopic (exact) mass is 470 g/mol. The number of aryl methyl sites for hydroxylation is 1. The molecule has 6 nitrogen and oxygen atoms in total. The summed E-state index contributed by atoms with van der Waals surface area (Å²) in [6.07, 6.45) is 4.71. The van der Waals surface area contributed by atoms with E-state index < -0.39 is 0 Å². The van der Waals surface area contributed by atoms with Crippen LogP contribution in [0.4, 0.5) is 5.69 Å². The van der Waals surface area contributed by atoms with Gasteiger partial charge < -0.3 is 14.3 Å². The number of carbonyl (C=O) groups is 1. The average molecular weight is 471 g/mol. The first-order valence-electron chi connectivity index (χ1n) is 11.1. The maximum atomic E-state index is 13.5. The van der Waals surface area contributed by atoms with Crippen LogP contribution in [0.5, 0.6) is 5.75 Å². The van der Waals surface area contributed by atoms with E-state index in [1.54, 1.807) is 12.0 Å². The summed E-state index contributed by atoms with van der Waals surface area (Å²) in [6, 6.07) is 19.9. The van der Waals surface area contributed by atoms with Gasteiger partial charge in [0.15, 0.2) is 5.17 Å². The van der Waals surface area contributed by atoms with E-state index in [1.807, 2.05) is 61.8 Å². The predicted molar refractivity (Wildman–Crippen MR) is 140 cm³/mol. The molecule has 0 unspecified atom stereocenters. The van der Waals surface area contributed by atoms with Crippen molar-refractivity contribution in [3.8, 4) is 5.75 Å². The number of fused-ring (bicyclic) bond motifs is 1. The minimum Gasteiger partial charge on any atom is -0.497 e. The van der Waals surface area contributed by atoms with Crippen molar-refractivity contribution < 1.29 is 9.53 Å². The Morgan fingerprint density at radius 2 is 1.88 bits per heavy atom. The first-order chi connectivity index (χ1) is 16.5. The quantitative estimate of drug-likeness (QED) is 0.369. The number of methoxy groups -OCH3 is 1. The molecule has 172 valence electrons. The van der Waals surface area contributed by atoms with E-state index in [2.05, 4.69) is 34.7 Å². The molecule has 1 saturated heterocycles. The molecule has 0 bridgehead atoms. The Morgan fingerprint density at radius 3 is 2.62 bits per heavy atom. The van der Waals surface area contributed by atoms with Crippen molar-refractivity contribution in [2.24, 2.45) is 12.0 Å². The van der Waals surface area contributed by atoms with Crippen LogP contribution in [0.2, 0.25) is 0 Å². The van der Waals surface area contributed by atoms with Crippen LogP contribution >= 0.6 is 11.8 Å². The largest absolute Gasteiger partial charge is 0.497 e. The third-order valence-electron chi connectivity index (χ3n) is 6.16. The highest BCUT2D eigenvalue weighted by Crippen LogP contribution is 2.35. The van der Waals surface area contributed by atoms with Gasteiger partial charge >= 0.3 is 0 Å². The van der Waals surface area contributed by atoms with E-state index in [-0.39, 0.29) is 5.91 Å². The zero-order valence-corrected chi connectivity index (χ0v) is 20.2. The molecule has 5 rings (SSSR count). The number of ether oxygens (including phenoxy) is 1. The highest BCUT2D eigenvalue weighted by molar-refractivity contribution is 8.18. The topological polar surface area (TPSA) is 62.6 Å². The molecule has 7 heteroatoms. The van der Waals surface area contributed by atoms with E-state index in [0.717, 1.165) is 34.8 Å². The molecule has 0 saturated carbocycles. The molecule has 1 aliphatic rings. The first-order valence-corrected chi connectivity index (χ1v) is 12.0. The smallest absolute Gasteiger partial charge is 0.266 e. The Morgan fingerprint density at radius 1 is 1.09 bits per heavy atom. The summed E-state index contributed by atoms with van der Waals surface area (Å²) in [5, 5.41) is 1.87. The van der Waals surface area contributed by atoms with Crippen LogP contribution in [-0.4, -0.2) is 39.2 Å². The number of benzene rings is 2. The fourth-order valence-electron chi connectivity index (χ4n) is 4.04. The Bertz CT molecular complexity index is 1410. The number of nitrogens with zero attached hydrogens (tertiary/aromatic N) is 3. The maximum absolute atomic E-state index is 13.5. The Labute approximate surface area is 202 Å². The number of amides is 1. The summed E-state index contributed by atoms with van der Waals surface area (Å²) in [6.45, 7) is 2.60. The lowest BCUT2D eigenvalue weighted by molar-refractivity contribution is -0.122. The summed E-state index contributed by atoms with van der Waals surface area (Å²) in [5.74, 6) is 0.755. The van der Waals surface area contributed by atoms with Crippen molar-refractivity contribution >= 4 is 45.5 Å².